The van der Waals surface area contributed by atoms with Gasteiger partial charge in [0.05, 0.1) is 27.8 Å². The number of para-hydroxylation sites is 3. The molecule has 0 aliphatic carbocycles. The van der Waals surface area contributed by atoms with Crippen molar-refractivity contribution < 1.29 is 0 Å². The molecular formula is C55H41N5. The number of fused-ring (bicyclic) bond motifs is 6. The van der Waals surface area contributed by atoms with Crippen LogP contribution >= 0.6 is 0 Å². The van der Waals surface area contributed by atoms with Gasteiger partial charge in [0, 0.05) is 43.9 Å². The third kappa shape index (κ3) is 5.89. The average molecular weight is 772 g/mol. The molecule has 0 spiro atoms. The van der Waals surface area contributed by atoms with Gasteiger partial charge in [-0.3, -0.25) is 0 Å². The minimum atomic E-state index is -0.0385. The van der Waals surface area contributed by atoms with Crippen molar-refractivity contribution in [1.29, 1.82) is 0 Å². The average Bonchev–Trinajstić information content (AvgIpc) is 3.82. The Labute approximate surface area is 348 Å². The van der Waals surface area contributed by atoms with E-state index in [1.807, 2.05) is 36.4 Å². The van der Waals surface area contributed by atoms with E-state index in [9.17, 15) is 0 Å². The van der Waals surface area contributed by atoms with Crippen molar-refractivity contribution in [2.75, 3.05) is 0 Å². The molecule has 60 heavy (non-hydrogen) atoms. The minimum absolute atomic E-state index is 0.0385. The van der Waals surface area contributed by atoms with E-state index >= 15 is 0 Å². The number of rotatable bonds is 6. The third-order valence-corrected chi connectivity index (χ3v) is 11.7. The Bertz CT molecular complexity index is 3330. The summed E-state index contributed by atoms with van der Waals surface area (Å²) in [5, 5.41) is 4.81. The van der Waals surface area contributed by atoms with Crippen molar-refractivity contribution in [3.63, 3.8) is 0 Å². The van der Waals surface area contributed by atoms with Crippen molar-refractivity contribution in [2.45, 2.75) is 26.2 Å². The van der Waals surface area contributed by atoms with E-state index in [0.29, 0.717) is 17.5 Å². The molecule has 5 nitrogen and oxygen atoms in total. The van der Waals surface area contributed by atoms with Crippen LogP contribution in [-0.2, 0) is 5.41 Å². The SMILES string of the molecule is CC(C)(C)c1ccc2c3ccccc3n(-c3ccc(-c4cccc5c4c4ccccc4n5-c4ccccc4)cc3-c3nc(-c4ccccc4)nc(-c4ccccc4)n3)c2c1. The van der Waals surface area contributed by atoms with E-state index in [-0.39, 0.29) is 5.41 Å². The first-order valence-electron chi connectivity index (χ1n) is 20.5. The molecular weight excluding hydrogens is 731 g/mol. The van der Waals surface area contributed by atoms with Crippen molar-refractivity contribution in [3.05, 3.63) is 200 Å². The third-order valence-electron chi connectivity index (χ3n) is 11.7. The first-order valence-corrected chi connectivity index (χ1v) is 20.5. The monoisotopic (exact) mass is 771 g/mol. The molecule has 0 unspecified atom stereocenters. The molecule has 11 rings (SSSR count). The van der Waals surface area contributed by atoms with Crippen LogP contribution in [0.1, 0.15) is 26.3 Å². The highest BCUT2D eigenvalue weighted by molar-refractivity contribution is 6.16. The smallest absolute Gasteiger partial charge is 0.166 e. The van der Waals surface area contributed by atoms with Crippen LogP contribution in [0.2, 0.25) is 0 Å². The zero-order chi connectivity index (χ0) is 40.4. The second-order valence-corrected chi connectivity index (χ2v) is 16.5. The zero-order valence-corrected chi connectivity index (χ0v) is 33.7. The van der Waals surface area contributed by atoms with Gasteiger partial charge in [-0.05, 0) is 70.6 Å². The normalized spacial score (nSPS) is 11.9. The molecule has 0 fully saturated rings. The summed E-state index contributed by atoms with van der Waals surface area (Å²) in [6.45, 7) is 6.83. The Morgan fingerprint density at radius 1 is 0.367 bits per heavy atom. The van der Waals surface area contributed by atoms with E-state index < -0.39 is 0 Å². The maximum absolute atomic E-state index is 5.34. The number of hydrogen-bond acceptors (Lipinski definition) is 3. The first kappa shape index (κ1) is 35.5. The predicted molar refractivity (Wildman–Crippen MR) is 249 cm³/mol. The fraction of sp³-hybridized carbons (Fsp3) is 0.0727. The molecule has 0 amide bonds. The lowest BCUT2D eigenvalue weighted by molar-refractivity contribution is 0.591. The second-order valence-electron chi connectivity index (χ2n) is 16.5. The quantitative estimate of drug-likeness (QED) is 0.169. The highest BCUT2D eigenvalue weighted by Crippen LogP contribution is 2.43. The Morgan fingerprint density at radius 3 is 1.58 bits per heavy atom. The number of hydrogen-bond donors (Lipinski definition) is 0. The number of aromatic nitrogens is 5. The molecule has 3 aromatic heterocycles. The van der Waals surface area contributed by atoms with E-state index in [0.717, 1.165) is 55.7 Å². The Morgan fingerprint density at radius 2 is 0.917 bits per heavy atom. The van der Waals surface area contributed by atoms with E-state index in [1.165, 1.54) is 32.6 Å². The van der Waals surface area contributed by atoms with Gasteiger partial charge in [0.25, 0.3) is 0 Å². The van der Waals surface area contributed by atoms with Crippen LogP contribution in [0.4, 0.5) is 0 Å². The van der Waals surface area contributed by atoms with E-state index in [1.54, 1.807) is 0 Å². The van der Waals surface area contributed by atoms with Crippen LogP contribution in [0.25, 0.3) is 100 Å². The van der Waals surface area contributed by atoms with Crippen LogP contribution in [0, 0.1) is 0 Å². The van der Waals surface area contributed by atoms with Gasteiger partial charge in [-0.2, -0.15) is 0 Å². The summed E-state index contributed by atoms with van der Waals surface area (Å²) in [5.41, 5.74) is 13.0. The van der Waals surface area contributed by atoms with Crippen LogP contribution in [0.3, 0.4) is 0 Å². The maximum atomic E-state index is 5.34. The summed E-state index contributed by atoms with van der Waals surface area (Å²) in [6.07, 6.45) is 0. The Balaban J connectivity index is 1.24. The van der Waals surface area contributed by atoms with Crippen LogP contribution in [0.5, 0.6) is 0 Å². The molecule has 3 heterocycles. The van der Waals surface area contributed by atoms with Gasteiger partial charge in [-0.15, -0.1) is 0 Å². The molecule has 0 N–H and O–H groups in total. The minimum Gasteiger partial charge on any atom is -0.309 e. The van der Waals surface area contributed by atoms with Gasteiger partial charge in [0.2, 0.25) is 0 Å². The lowest BCUT2D eigenvalue weighted by Crippen LogP contribution is -2.11. The largest absolute Gasteiger partial charge is 0.309 e. The first-order chi connectivity index (χ1) is 29.4. The fourth-order valence-electron chi connectivity index (χ4n) is 8.82. The lowest BCUT2D eigenvalue weighted by atomic mass is 9.86. The van der Waals surface area contributed by atoms with Gasteiger partial charge >= 0.3 is 0 Å². The molecule has 11 aromatic rings. The Kier molecular flexibility index (Phi) is 8.31. The molecule has 0 aliphatic rings. The molecule has 0 aliphatic heterocycles. The van der Waals surface area contributed by atoms with Crippen molar-refractivity contribution in [2.24, 2.45) is 0 Å². The Hall–Kier alpha value is -7.63. The summed E-state index contributed by atoms with van der Waals surface area (Å²) in [4.78, 5) is 15.8. The summed E-state index contributed by atoms with van der Waals surface area (Å²) >= 11 is 0. The second kappa shape index (κ2) is 14.0. The van der Waals surface area contributed by atoms with Gasteiger partial charge in [0.15, 0.2) is 17.5 Å². The van der Waals surface area contributed by atoms with Crippen molar-refractivity contribution in [3.8, 4) is 56.7 Å². The highest BCUT2D eigenvalue weighted by Gasteiger charge is 2.23. The summed E-state index contributed by atoms with van der Waals surface area (Å²) in [5.74, 6) is 1.86. The van der Waals surface area contributed by atoms with Gasteiger partial charge in [-0.25, -0.2) is 15.0 Å². The fourth-order valence-corrected chi connectivity index (χ4v) is 8.82. The van der Waals surface area contributed by atoms with E-state index in [4.69, 9.17) is 15.0 Å². The number of benzene rings is 8. The summed E-state index contributed by atoms with van der Waals surface area (Å²) in [6, 6.07) is 68.9. The molecule has 5 heteroatoms. The highest BCUT2D eigenvalue weighted by atomic mass is 15.1. The molecule has 0 atom stereocenters. The van der Waals surface area contributed by atoms with Gasteiger partial charge in [0.1, 0.15) is 0 Å². The lowest BCUT2D eigenvalue weighted by Gasteiger charge is -2.20. The molecule has 0 saturated carbocycles. The van der Waals surface area contributed by atoms with E-state index in [2.05, 4.69) is 188 Å². The van der Waals surface area contributed by atoms with Crippen LogP contribution in [0.15, 0.2) is 194 Å². The van der Waals surface area contributed by atoms with Crippen LogP contribution < -0.4 is 0 Å². The molecule has 0 saturated heterocycles. The van der Waals surface area contributed by atoms with Crippen molar-refractivity contribution >= 4 is 43.6 Å². The molecule has 286 valence electrons. The number of nitrogens with zero attached hydrogens (tertiary/aromatic N) is 5. The summed E-state index contributed by atoms with van der Waals surface area (Å²) < 4.78 is 4.79. The van der Waals surface area contributed by atoms with Gasteiger partial charge in [-0.1, -0.05) is 166 Å². The van der Waals surface area contributed by atoms with Crippen molar-refractivity contribution in [1.82, 2.24) is 24.1 Å². The molecule has 8 aromatic carbocycles. The molecule has 0 bridgehead atoms. The topological polar surface area (TPSA) is 48.5 Å². The van der Waals surface area contributed by atoms with Gasteiger partial charge < -0.3 is 9.13 Å². The maximum Gasteiger partial charge on any atom is 0.166 e. The van der Waals surface area contributed by atoms with Crippen LogP contribution in [-0.4, -0.2) is 24.1 Å². The zero-order valence-electron chi connectivity index (χ0n) is 33.7. The molecule has 0 radical (unpaired) electrons. The predicted octanol–water partition coefficient (Wildman–Crippen LogP) is 14.0. The standard InChI is InChI=1S/C55H41N5/c1-55(2,3)39-31-32-43-42-24-13-15-27-46(42)60(50(43)35-39)48-33-30-38(41-26-17-29-49-51(41)44-25-14-16-28-47(44)59(49)40-22-11-6-12-23-40)34-45(48)54-57-52(36-18-7-4-8-19-36)56-53(58-54)37-20-9-5-10-21-37/h4-35H,1-3H3. The summed E-state index contributed by atoms with van der Waals surface area (Å²) in [7, 11) is 0.